The van der Waals surface area contributed by atoms with Gasteiger partial charge in [-0.1, -0.05) is 48.0 Å². The molecular formula is C22H25N3O2. The molecule has 2 aromatic rings. The van der Waals surface area contributed by atoms with E-state index in [9.17, 15) is 9.59 Å². The Morgan fingerprint density at radius 2 is 1.70 bits per heavy atom. The summed E-state index contributed by atoms with van der Waals surface area (Å²) >= 11 is 0. The summed E-state index contributed by atoms with van der Waals surface area (Å²) in [5.74, 6) is -0.318. The number of benzene rings is 2. The van der Waals surface area contributed by atoms with Crippen molar-refractivity contribution in [2.75, 3.05) is 0 Å². The molecule has 1 aliphatic heterocycles. The highest BCUT2D eigenvalue weighted by Crippen LogP contribution is 2.24. The molecule has 5 heteroatoms. The lowest BCUT2D eigenvalue weighted by Gasteiger charge is -2.20. The maximum atomic E-state index is 12.8. The summed E-state index contributed by atoms with van der Waals surface area (Å²) in [5.41, 5.74) is 4.42. The van der Waals surface area contributed by atoms with Gasteiger partial charge in [-0.05, 0) is 57.2 Å². The predicted octanol–water partition coefficient (Wildman–Crippen LogP) is 3.89. The van der Waals surface area contributed by atoms with E-state index in [0.717, 1.165) is 27.3 Å². The molecule has 0 spiro atoms. The molecule has 1 heterocycles. The highest BCUT2D eigenvalue weighted by molar-refractivity contribution is 6.07. The molecule has 2 aromatic carbocycles. The molecule has 5 nitrogen and oxygen atoms in total. The summed E-state index contributed by atoms with van der Waals surface area (Å²) in [4.78, 5) is 25.2. The average Bonchev–Trinajstić information content (AvgIpc) is 2.83. The zero-order chi connectivity index (χ0) is 19.6. The fraction of sp³-hybridized carbons (Fsp3) is 0.318. The van der Waals surface area contributed by atoms with Crippen LogP contribution in [0.1, 0.15) is 41.2 Å². The lowest BCUT2D eigenvalue weighted by Crippen LogP contribution is -2.44. The number of hydrogen-bond acceptors (Lipinski definition) is 3. The van der Waals surface area contributed by atoms with Crippen molar-refractivity contribution in [3.05, 3.63) is 70.3 Å². The van der Waals surface area contributed by atoms with Gasteiger partial charge in [-0.3, -0.25) is 4.79 Å². The van der Waals surface area contributed by atoms with Gasteiger partial charge in [0.25, 0.3) is 5.91 Å². The van der Waals surface area contributed by atoms with Gasteiger partial charge in [0, 0.05) is 5.56 Å². The van der Waals surface area contributed by atoms with Crippen LogP contribution in [0.15, 0.2) is 47.6 Å². The van der Waals surface area contributed by atoms with Crippen LogP contribution >= 0.6 is 0 Å². The molecule has 140 valence electrons. The number of carbonyl (C=O) groups is 2. The first-order valence-electron chi connectivity index (χ1n) is 9.12. The van der Waals surface area contributed by atoms with Crippen LogP contribution in [0.4, 0.5) is 4.79 Å². The number of hydrogen-bond donors (Lipinski definition) is 1. The second-order valence-corrected chi connectivity index (χ2v) is 7.42. The topological polar surface area (TPSA) is 61.8 Å². The summed E-state index contributed by atoms with van der Waals surface area (Å²) in [6.45, 7) is 7.79. The smallest absolute Gasteiger partial charge is 0.322 e. The number of rotatable bonds is 5. The molecule has 1 aliphatic rings. The molecule has 0 unspecified atom stereocenters. The van der Waals surface area contributed by atoms with Crippen molar-refractivity contribution in [2.45, 2.75) is 46.1 Å². The van der Waals surface area contributed by atoms with Gasteiger partial charge in [0.05, 0.1) is 6.21 Å². The van der Waals surface area contributed by atoms with Crippen molar-refractivity contribution in [1.82, 2.24) is 10.3 Å². The van der Waals surface area contributed by atoms with Crippen LogP contribution in [0.5, 0.6) is 0 Å². The highest BCUT2D eigenvalue weighted by atomic mass is 16.2. The fourth-order valence-electron chi connectivity index (χ4n) is 3.49. The average molecular weight is 363 g/mol. The first kappa shape index (κ1) is 18.8. The maximum absolute atomic E-state index is 12.8. The largest absolute Gasteiger partial charge is 0.346 e. The second-order valence-electron chi connectivity index (χ2n) is 7.42. The molecule has 1 saturated heterocycles. The monoisotopic (exact) mass is 363 g/mol. The molecule has 3 amide bonds. The van der Waals surface area contributed by atoms with Gasteiger partial charge in [-0.25, -0.2) is 4.79 Å². The van der Waals surface area contributed by atoms with Gasteiger partial charge >= 0.3 is 6.03 Å². The Hall–Kier alpha value is -2.95. The Morgan fingerprint density at radius 3 is 2.33 bits per heavy atom. The van der Waals surface area contributed by atoms with E-state index in [-0.39, 0.29) is 5.91 Å². The molecular weight excluding hydrogens is 338 g/mol. The molecule has 0 bridgehead atoms. The van der Waals surface area contributed by atoms with Gasteiger partial charge in [0.2, 0.25) is 0 Å². The normalized spacial score (nSPS) is 19.8. The molecule has 3 rings (SSSR count). The first-order valence-corrected chi connectivity index (χ1v) is 9.12. The molecule has 0 aliphatic carbocycles. The van der Waals surface area contributed by atoms with Crippen molar-refractivity contribution in [1.29, 1.82) is 0 Å². The van der Waals surface area contributed by atoms with Crippen LogP contribution in [0.25, 0.3) is 0 Å². The number of nitrogens with one attached hydrogen (secondary N) is 1. The molecule has 0 radical (unpaired) electrons. The van der Waals surface area contributed by atoms with E-state index < -0.39 is 11.6 Å². The fourth-order valence-corrected chi connectivity index (χ4v) is 3.49. The van der Waals surface area contributed by atoms with Gasteiger partial charge < -0.3 is 5.32 Å². The zero-order valence-electron chi connectivity index (χ0n) is 16.2. The molecule has 0 saturated carbocycles. The van der Waals surface area contributed by atoms with E-state index in [0.29, 0.717) is 12.8 Å². The van der Waals surface area contributed by atoms with Crippen molar-refractivity contribution in [3.8, 4) is 0 Å². The summed E-state index contributed by atoms with van der Waals surface area (Å²) in [7, 11) is 0. The summed E-state index contributed by atoms with van der Waals surface area (Å²) in [6.07, 6.45) is 2.83. The Labute approximate surface area is 160 Å². The van der Waals surface area contributed by atoms with Gasteiger partial charge in [0.1, 0.15) is 5.54 Å². The summed E-state index contributed by atoms with van der Waals surface area (Å²) in [6, 6.07) is 13.6. The maximum Gasteiger partial charge on any atom is 0.346 e. The van der Waals surface area contributed by atoms with E-state index in [2.05, 4.69) is 22.6 Å². The summed E-state index contributed by atoms with van der Waals surface area (Å²) < 4.78 is 0. The van der Waals surface area contributed by atoms with E-state index >= 15 is 0 Å². The van der Waals surface area contributed by atoms with E-state index in [4.69, 9.17) is 0 Å². The van der Waals surface area contributed by atoms with E-state index in [1.807, 2.05) is 51.1 Å². The number of carbonyl (C=O) groups excluding carboxylic acids is 2. The second kappa shape index (κ2) is 7.35. The van der Waals surface area contributed by atoms with Crippen LogP contribution in [0, 0.1) is 20.8 Å². The summed E-state index contributed by atoms with van der Waals surface area (Å²) in [5, 5.41) is 7.95. The lowest BCUT2D eigenvalue weighted by molar-refractivity contribution is -0.130. The quantitative estimate of drug-likeness (QED) is 0.647. The van der Waals surface area contributed by atoms with Crippen molar-refractivity contribution >= 4 is 18.2 Å². The van der Waals surface area contributed by atoms with Gasteiger partial charge in [-0.15, -0.1) is 5.01 Å². The minimum absolute atomic E-state index is 0.318. The standard InChI is InChI=1S/C22H25N3O2/c1-15-12-16(2)19(17(3)13-15)14-23-25-20(26)22(4,24-21(25)27)11-10-18-8-6-5-7-9-18/h5-9,12-14H,10-11H2,1-4H3,(H,24,27)/t22-/m0/s1. The van der Waals surface area contributed by atoms with Crippen LogP contribution in [0.3, 0.4) is 0 Å². The third kappa shape index (κ3) is 3.92. The van der Waals surface area contributed by atoms with E-state index in [1.165, 1.54) is 5.56 Å². The third-order valence-electron chi connectivity index (χ3n) is 5.04. The Kier molecular flexibility index (Phi) is 5.13. The van der Waals surface area contributed by atoms with E-state index in [1.54, 1.807) is 13.1 Å². The number of urea groups is 1. The first-order chi connectivity index (χ1) is 12.8. The van der Waals surface area contributed by atoms with Gasteiger partial charge in [-0.2, -0.15) is 5.10 Å². The SMILES string of the molecule is Cc1cc(C)c(C=NN2C(=O)N[C@@](C)(CCc3ccccc3)C2=O)c(C)c1. The molecule has 1 fully saturated rings. The van der Waals surface area contributed by atoms with Gasteiger partial charge in [0.15, 0.2) is 0 Å². The molecule has 27 heavy (non-hydrogen) atoms. The molecule has 0 aromatic heterocycles. The third-order valence-corrected chi connectivity index (χ3v) is 5.04. The number of amides is 3. The molecule has 1 atom stereocenters. The lowest BCUT2D eigenvalue weighted by atomic mass is 9.93. The van der Waals surface area contributed by atoms with Crippen LogP contribution in [-0.2, 0) is 11.2 Å². The minimum Gasteiger partial charge on any atom is -0.322 e. The van der Waals surface area contributed by atoms with Crippen LogP contribution in [0.2, 0.25) is 0 Å². The Bertz CT molecular complexity index is 882. The highest BCUT2D eigenvalue weighted by Gasteiger charge is 2.47. The number of aryl methyl sites for hydroxylation is 4. The number of nitrogens with zero attached hydrogens (tertiary/aromatic N) is 2. The number of imide groups is 1. The Balaban J connectivity index is 1.76. The molecule has 1 N–H and O–H groups in total. The van der Waals surface area contributed by atoms with Crippen molar-refractivity contribution < 1.29 is 9.59 Å². The predicted molar refractivity (Wildman–Crippen MR) is 107 cm³/mol. The van der Waals surface area contributed by atoms with Crippen molar-refractivity contribution in [2.24, 2.45) is 5.10 Å². The van der Waals surface area contributed by atoms with Crippen molar-refractivity contribution in [3.63, 3.8) is 0 Å². The van der Waals surface area contributed by atoms with Crippen LogP contribution in [-0.4, -0.2) is 28.7 Å². The number of hydrazone groups is 1. The van der Waals surface area contributed by atoms with Crippen LogP contribution < -0.4 is 5.32 Å². The minimum atomic E-state index is -0.943. The Morgan fingerprint density at radius 1 is 1.07 bits per heavy atom. The zero-order valence-corrected chi connectivity index (χ0v) is 16.2.